The second-order valence-corrected chi connectivity index (χ2v) is 10.1. The van der Waals surface area contributed by atoms with E-state index < -0.39 is 0 Å². The van der Waals surface area contributed by atoms with Crippen molar-refractivity contribution in [3.8, 4) is 11.4 Å². The van der Waals surface area contributed by atoms with E-state index in [0.717, 1.165) is 33.2 Å². The van der Waals surface area contributed by atoms with Crippen LogP contribution in [0.15, 0.2) is 141 Å². The lowest BCUT2D eigenvalue weighted by Crippen LogP contribution is -1.93. The molecule has 0 saturated carbocycles. The SMILES string of the molecule is c1ccc(Sc2cc(-c3cc(Sc4ccccc4)c4ccccc4n3)nc3ccccc23)cc1. The summed E-state index contributed by atoms with van der Waals surface area (Å²) in [5.41, 5.74) is 3.73. The molecule has 2 heterocycles. The van der Waals surface area contributed by atoms with Gasteiger partial charge in [0.1, 0.15) is 0 Å². The van der Waals surface area contributed by atoms with Crippen LogP contribution in [0, 0.1) is 0 Å². The second-order valence-electron chi connectivity index (χ2n) is 7.88. The molecule has 0 fully saturated rings. The lowest BCUT2D eigenvalue weighted by molar-refractivity contribution is 1.27. The third-order valence-corrected chi connectivity index (χ3v) is 7.69. The number of rotatable bonds is 5. The summed E-state index contributed by atoms with van der Waals surface area (Å²) >= 11 is 3.53. The Hall–Kier alpha value is -3.60. The van der Waals surface area contributed by atoms with E-state index in [0.29, 0.717) is 0 Å². The van der Waals surface area contributed by atoms with Gasteiger partial charge >= 0.3 is 0 Å². The summed E-state index contributed by atoms with van der Waals surface area (Å²) in [6.45, 7) is 0. The van der Waals surface area contributed by atoms with Crippen molar-refractivity contribution >= 4 is 45.3 Å². The molecule has 0 aliphatic carbocycles. The molecular weight excluding hydrogens is 452 g/mol. The number of pyridine rings is 2. The van der Waals surface area contributed by atoms with Crippen LogP contribution in [0.1, 0.15) is 0 Å². The molecule has 0 N–H and O–H groups in total. The van der Waals surface area contributed by atoms with Crippen LogP contribution in [0.2, 0.25) is 0 Å². The topological polar surface area (TPSA) is 25.8 Å². The van der Waals surface area contributed by atoms with Gasteiger partial charge in [0.15, 0.2) is 0 Å². The fourth-order valence-corrected chi connectivity index (χ4v) is 5.95. The molecule has 0 amide bonds. The molecule has 0 bridgehead atoms. The van der Waals surface area contributed by atoms with Crippen molar-refractivity contribution in [1.82, 2.24) is 9.97 Å². The fraction of sp³-hybridized carbons (Fsp3) is 0. The predicted octanol–water partition coefficient (Wildman–Crippen LogP) is 8.75. The molecule has 4 heteroatoms. The fourth-order valence-electron chi connectivity index (χ4n) is 3.95. The Morgan fingerprint density at radius 1 is 0.412 bits per heavy atom. The van der Waals surface area contributed by atoms with Gasteiger partial charge in [-0.15, -0.1) is 0 Å². The highest BCUT2D eigenvalue weighted by Gasteiger charge is 2.13. The number of hydrogen-bond acceptors (Lipinski definition) is 4. The lowest BCUT2D eigenvalue weighted by Gasteiger charge is -2.12. The van der Waals surface area contributed by atoms with E-state index in [9.17, 15) is 0 Å². The summed E-state index contributed by atoms with van der Waals surface area (Å²) in [7, 11) is 0. The Morgan fingerprint density at radius 2 is 0.794 bits per heavy atom. The van der Waals surface area contributed by atoms with Gasteiger partial charge in [0.05, 0.1) is 22.4 Å². The van der Waals surface area contributed by atoms with Crippen molar-refractivity contribution in [1.29, 1.82) is 0 Å². The van der Waals surface area contributed by atoms with Gasteiger partial charge in [-0.25, -0.2) is 9.97 Å². The number of hydrogen-bond donors (Lipinski definition) is 0. The molecule has 6 aromatic rings. The van der Waals surface area contributed by atoms with Crippen molar-refractivity contribution < 1.29 is 0 Å². The molecule has 4 aromatic carbocycles. The maximum absolute atomic E-state index is 5.02. The van der Waals surface area contributed by atoms with Gasteiger partial charge in [-0.2, -0.15) is 0 Å². The van der Waals surface area contributed by atoms with Crippen molar-refractivity contribution in [2.45, 2.75) is 19.6 Å². The van der Waals surface area contributed by atoms with Gasteiger partial charge in [-0.3, -0.25) is 0 Å². The molecule has 2 nitrogen and oxygen atoms in total. The standard InChI is InChI=1S/C30H20N2S2/c1-3-11-21(12-4-1)33-29-19-27(31-25-17-9-7-15-23(25)29)28-20-30(34-22-13-5-2-6-14-22)24-16-8-10-18-26(24)32-28/h1-20H. The van der Waals surface area contributed by atoms with Crippen LogP contribution in [-0.2, 0) is 0 Å². The van der Waals surface area contributed by atoms with Gasteiger partial charge in [-0.05, 0) is 48.5 Å². The number of para-hydroxylation sites is 2. The molecule has 162 valence electrons. The predicted molar refractivity (Wildman–Crippen MR) is 144 cm³/mol. The highest BCUT2D eigenvalue weighted by molar-refractivity contribution is 7.99. The second kappa shape index (κ2) is 9.34. The molecule has 2 aromatic heterocycles. The maximum atomic E-state index is 5.02. The zero-order chi connectivity index (χ0) is 22.7. The van der Waals surface area contributed by atoms with E-state index in [2.05, 4.69) is 97.1 Å². The van der Waals surface area contributed by atoms with Gasteiger partial charge in [-0.1, -0.05) is 96.3 Å². The zero-order valence-electron chi connectivity index (χ0n) is 18.3. The molecule has 34 heavy (non-hydrogen) atoms. The van der Waals surface area contributed by atoms with Gasteiger partial charge < -0.3 is 0 Å². The first-order valence-corrected chi connectivity index (χ1v) is 12.7. The van der Waals surface area contributed by atoms with E-state index in [1.807, 2.05) is 24.3 Å². The van der Waals surface area contributed by atoms with Gasteiger partial charge in [0.25, 0.3) is 0 Å². The first-order valence-electron chi connectivity index (χ1n) is 11.1. The Balaban J connectivity index is 1.51. The average molecular weight is 473 g/mol. The molecule has 0 saturated heterocycles. The monoisotopic (exact) mass is 472 g/mol. The van der Waals surface area contributed by atoms with Crippen LogP contribution in [-0.4, -0.2) is 9.97 Å². The van der Waals surface area contributed by atoms with Crippen LogP contribution < -0.4 is 0 Å². The van der Waals surface area contributed by atoms with Crippen molar-refractivity contribution in [2.75, 3.05) is 0 Å². The minimum atomic E-state index is 0.887. The number of benzene rings is 4. The Bertz CT molecular complexity index is 1480. The van der Waals surface area contributed by atoms with Crippen LogP contribution >= 0.6 is 23.5 Å². The maximum Gasteiger partial charge on any atom is 0.0905 e. The van der Waals surface area contributed by atoms with Crippen LogP contribution in [0.3, 0.4) is 0 Å². The summed E-state index contributed by atoms with van der Waals surface area (Å²) in [6, 6.07) is 42.0. The molecule has 0 spiro atoms. The molecule has 0 aliphatic rings. The van der Waals surface area contributed by atoms with Gasteiger partial charge in [0.2, 0.25) is 0 Å². The van der Waals surface area contributed by atoms with Crippen molar-refractivity contribution in [2.24, 2.45) is 0 Å². The summed E-state index contributed by atoms with van der Waals surface area (Å²) in [6.07, 6.45) is 0. The highest BCUT2D eigenvalue weighted by atomic mass is 32.2. The smallest absolute Gasteiger partial charge is 0.0905 e. The Labute approximate surface area is 207 Å². The van der Waals surface area contributed by atoms with E-state index in [1.54, 1.807) is 23.5 Å². The molecule has 0 aliphatic heterocycles. The van der Waals surface area contributed by atoms with Crippen LogP contribution in [0.25, 0.3) is 33.2 Å². The third-order valence-electron chi connectivity index (χ3n) is 5.56. The first-order chi connectivity index (χ1) is 16.8. The van der Waals surface area contributed by atoms with E-state index in [4.69, 9.17) is 9.97 Å². The quantitative estimate of drug-likeness (QED) is 0.250. The summed E-state index contributed by atoms with van der Waals surface area (Å²) in [4.78, 5) is 14.8. The minimum Gasteiger partial charge on any atom is -0.246 e. The first kappa shape index (κ1) is 21.0. The van der Waals surface area contributed by atoms with Crippen molar-refractivity contribution in [3.05, 3.63) is 121 Å². The molecular formula is C30H20N2S2. The van der Waals surface area contributed by atoms with E-state index >= 15 is 0 Å². The summed E-state index contributed by atoms with van der Waals surface area (Å²) in [5, 5.41) is 2.31. The number of fused-ring (bicyclic) bond motifs is 2. The van der Waals surface area contributed by atoms with E-state index in [1.165, 1.54) is 19.6 Å². The molecule has 0 atom stereocenters. The van der Waals surface area contributed by atoms with E-state index in [-0.39, 0.29) is 0 Å². The average Bonchev–Trinajstić information content (AvgIpc) is 2.90. The summed E-state index contributed by atoms with van der Waals surface area (Å²) in [5.74, 6) is 0. The number of aromatic nitrogens is 2. The minimum absolute atomic E-state index is 0.887. The third kappa shape index (κ3) is 4.30. The normalized spacial score (nSPS) is 11.2. The Morgan fingerprint density at radius 3 is 1.24 bits per heavy atom. The molecule has 6 rings (SSSR count). The molecule has 0 radical (unpaired) electrons. The van der Waals surface area contributed by atoms with Crippen molar-refractivity contribution in [3.63, 3.8) is 0 Å². The number of nitrogens with zero attached hydrogens (tertiary/aromatic N) is 2. The molecule has 0 unspecified atom stereocenters. The van der Waals surface area contributed by atoms with Crippen LogP contribution in [0.5, 0.6) is 0 Å². The highest BCUT2D eigenvalue weighted by Crippen LogP contribution is 2.38. The Kier molecular flexibility index (Phi) is 5.76. The van der Waals surface area contributed by atoms with Gasteiger partial charge in [0, 0.05) is 30.4 Å². The largest absolute Gasteiger partial charge is 0.246 e. The lowest BCUT2D eigenvalue weighted by atomic mass is 10.1. The van der Waals surface area contributed by atoms with Crippen LogP contribution in [0.4, 0.5) is 0 Å². The zero-order valence-corrected chi connectivity index (χ0v) is 19.9. The summed E-state index contributed by atoms with van der Waals surface area (Å²) < 4.78 is 0.